The van der Waals surface area contributed by atoms with Crippen LogP contribution in [0, 0.1) is 0 Å². The molecule has 16 heavy (non-hydrogen) atoms. The van der Waals surface area contributed by atoms with Crippen LogP contribution >= 0.6 is 0 Å². The van der Waals surface area contributed by atoms with Gasteiger partial charge in [-0.05, 0) is 37.3 Å². The Hall–Kier alpha value is -1.77. The molecule has 1 aromatic carbocycles. The van der Waals surface area contributed by atoms with Crippen LogP contribution in [0.3, 0.4) is 0 Å². The second kappa shape index (κ2) is 4.84. The molecule has 1 N–H and O–H groups in total. The number of carbonyl (C=O) groups excluding carboxylic acids is 1. The van der Waals surface area contributed by atoms with Gasteiger partial charge < -0.3 is 10.2 Å². The maximum absolute atomic E-state index is 11.1. The van der Waals surface area contributed by atoms with E-state index in [-0.39, 0.29) is 5.78 Å². The van der Waals surface area contributed by atoms with E-state index in [1.807, 2.05) is 6.20 Å². The number of allylic oxidation sites excluding steroid dienone is 1. The van der Waals surface area contributed by atoms with Crippen molar-refractivity contribution in [2.45, 2.75) is 13.3 Å². The van der Waals surface area contributed by atoms with Crippen LogP contribution in [0.5, 0.6) is 0 Å². The third-order valence-corrected chi connectivity index (χ3v) is 2.62. The summed E-state index contributed by atoms with van der Waals surface area (Å²) in [6, 6.07) is 8.25. The Morgan fingerprint density at radius 3 is 2.62 bits per heavy atom. The third-order valence-electron chi connectivity index (χ3n) is 2.62. The van der Waals surface area contributed by atoms with Gasteiger partial charge in [0.15, 0.2) is 5.78 Å². The molecule has 0 radical (unpaired) electrons. The fraction of sp³-hybridized carbons (Fsp3) is 0.308. The lowest BCUT2D eigenvalue weighted by atomic mass is 10.2. The second-order valence-electron chi connectivity index (χ2n) is 3.80. The highest BCUT2D eigenvalue weighted by Crippen LogP contribution is 2.20. The van der Waals surface area contributed by atoms with E-state index < -0.39 is 0 Å². The van der Waals surface area contributed by atoms with Gasteiger partial charge >= 0.3 is 0 Å². The zero-order chi connectivity index (χ0) is 11.4. The second-order valence-corrected chi connectivity index (χ2v) is 3.80. The number of anilines is 2. The van der Waals surface area contributed by atoms with Gasteiger partial charge in [-0.25, -0.2) is 0 Å². The maximum atomic E-state index is 11.1. The van der Waals surface area contributed by atoms with Gasteiger partial charge in [0.1, 0.15) is 0 Å². The van der Waals surface area contributed by atoms with E-state index in [1.54, 1.807) is 6.08 Å². The Morgan fingerprint density at radius 2 is 2.06 bits per heavy atom. The van der Waals surface area contributed by atoms with Gasteiger partial charge in [-0.1, -0.05) is 0 Å². The van der Waals surface area contributed by atoms with E-state index >= 15 is 0 Å². The molecule has 1 aliphatic rings. The van der Waals surface area contributed by atoms with Crippen LogP contribution in [0.4, 0.5) is 11.4 Å². The molecule has 0 aromatic heterocycles. The molecule has 84 valence electrons. The van der Waals surface area contributed by atoms with Crippen molar-refractivity contribution in [1.82, 2.24) is 0 Å². The van der Waals surface area contributed by atoms with Gasteiger partial charge in [0.05, 0.1) is 0 Å². The summed E-state index contributed by atoms with van der Waals surface area (Å²) in [6.07, 6.45) is 4.10. The summed E-state index contributed by atoms with van der Waals surface area (Å²) in [7, 11) is 0. The maximum Gasteiger partial charge on any atom is 0.158 e. The first-order valence-electron chi connectivity index (χ1n) is 5.61. The van der Waals surface area contributed by atoms with E-state index in [2.05, 4.69) is 41.4 Å². The van der Waals surface area contributed by atoms with Gasteiger partial charge in [0.25, 0.3) is 0 Å². The van der Waals surface area contributed by atoms with Gasteiger partial charge in [0.2, 0.25) is 0 Å². The van der Waals surface area contributed by atoms with Crippen LogP contribution in [0.15, 0.2) is 36.5 Å². The van der Waals surface area contributed by atoms with Crippen LogP contribution in [-0.4, -0.2) is 18.9 Å². The molecule has 2 rings (SSSR count). The molecule has 0 atom stereocenters. The summed E-state index contributed by atoms with van der Waals surface area (Å²) in [5, 5.41) is 3.25. The first-order chi connectivity index (χ1) is 7.79. The molecular weight excluding hydrogens is 200 g/mol. The van der Waals surface area contributed by atoms with Crippen LogP contribution < -0.4 is 10.2 Å². The van der Waals surface area contributed by atoms with Crippen LogP contribution in [-0.2, 0) is 4.79 Å². The number of rotatable bonds is 3. The Labute approximate surface area is 95.8 Å². The third kappa shape index (κ3) is 2.42. The number of carbonyl (C=O) groups is 1. The topological polar surface area (TPSA) is 32.3 Å². The van der Waals surface area contributed by atoms with Crippen molar-refractivity contribution in [2.75, 3.05) is 23.3 Å². The number of nitrogens with one attached hydrogen (secondary N) is 1. The Bertz CT molecular complexity index is 395. The fourth-order valence-electron chi connectivity index (χ4n) is 1.75. The average Bonchev–Trinajstić information content (AvgIpc) is 2.32. The molecule has 3 heteroatoms. The number of nitrogens with zero attached hydrogens (tertiary/aromatic N) is 1. The highest BCUT2D eigenvalue weighted by atomic mass is 16.1. The molecule has 1 heterocycles. The van der Waals surface area contributed by atoms with Crippen LogP contribution in [0.25, 0.3) is 0 Å². The number of ketones is 1. The lowest BCUT2D eigenvalue weighted by Crippen LogP contribution is -2.23. The summed E-state index contributed by atoms with van der Waals surface area (Å²) in [5.74, 6) is 0.209. The Balaban J connectivity index is 2.09. The van der Waals surface area contributed by atoms with Gasteiger partial charge in [-0.2, -0.15) is 0 Å². The van der Waals surface area contributed by atoms with Gasteiger partial charge in [-0.15, -0.1) is 0 Å². The van der Waals surface area contributed by atoms with Crippen molar-refractivity contribution < 1.29 is 4.79 Å². The van der Waals surface area contributed by atoms with Crippen LogP contribution in [0.2, 0.25) is 0 Å². The van der Waals surface area contributed by atoms with Crippen molar-refractivity contribution in [3.05, 3.63) is 36.5 Å². The quantitative estimate of drug-likeness (QED) is 0.842. The van der Waals surface area contributed by atoms with Gasteiger partial charge in [0, 0.05) is 37.1 Å². The summed E-state index contributed by atoms with van der Waals surface area (Å²) >= 11 is 0. The highest BCUT2D eigenvalue weighted by molar-refractivity contribution is 5.91. The smallest absolute Gasteiger partial charge is 0.158 e. The normalized spacial score (nSPS) is 15.3. The first kappa shape index (κ1) is 10.7. The van der Waals surface area contributed by atoms with E-state index in [4.69, 9.17) is 0 Å². The minimum absolute atomic E-state index is 0.209. The van der Waals surface area contributed by atoms with Crippen molar-refractivity contribution in [1.29, 1.82) is 0 Å². The molecule has 0 unspecified atom stereocenters. The summed E-state index contributed by atoms with van der Waals surface area (Å²) < 4.78 is 0. The van der Waals surface area contributed by atoms with Crippen molar-refractivity contribution in [3.8, 4) is 0 Å². The number of benzene rings is 1. The zero-order valence-electron chi connectivity index (χ0n) is 9.44. The molecule has 0 bridgehead atoms. The zero-order valence-corrected chi connectivity index (χ0v) is 9.44. The lowest BCUT2D eigenvalue weighted by Gasteiger charge is -2.23. The molecule has 1 aliphatic heterocycles. The first-order valence-corrected chi connectivity index (χ1v) is 5.61. The van der Waals surface area contributed by atoms with E-state index in [9.17, 15) is 4.79 Å². The van der Waals surface area contributed by atoms with E-state index in [0.717, 1.165) is 24.5 Å². The highest BCUT2D eigenvalue weighted by Gasteiger charge is 2.10. The molecule has 0 fully saturated rings. The fourth-order valence-corrected chi connectivity index (χ4v) is 1.75. The van der Waals surface area contributed by atoms with Crippen LogP contribution in [0.1, 0.15) is 13.3 Å². The predicted molar refractivity (Wildman–Crippen MR) is 66.7 cm³/mol. The van der Waals surface area contributed by atoms with E-state index in [1.165, 1.54) is 0 Å². The molecule has 0 amide bonds. The molecule has 3 nitrogen and oxygen atoms in total. The average molecular weight is 216 g/mol. The number of hydrogen-bond donors (Lipinski definition) is 1. The SMILES string of the molecule is CCNc1ccc(N2C=CC(=O)CC2)cc1. The number of hydrogen-bond acceptors (Lipinski definition) is 3. The standard InChI is InChI=1S/C13H16N2O/c1-2-14-11-3-5-12(6-4-11)15-9-7-13(16)8-10-15/h3-7,9,14H,2,8,10H2,1H3. The Morgan fingerprint density at radius 1 is 1.31 bits per heavy atom. The summed E-state index contributed by atoms with van der Waals surface area (Å²) in [4.78, 5) is 13.2. The van der Waals surface area contributed by atoms with Gasteiger partial charge in [-0.3, -0.25) is 4.79 Å². The minimum Gasteiger partial charge on any atom is -0.385 e. The molecular formula is C13H16N2O. The molecule has 0 saturated heterocycles. The lowest BCUT2D eigenvalue weighted by molar-refractivity contribution is -0.114. The monoisotopic (exact) mass is 216 g/mol. The molecule has 0 aliphatic carbocycles. The summed E-state index contributed by atoms with van der Waals surface area (Å²) in [5.41, 5.74) is 2.26. The largest absolute Gasteiger partial charge is 0.385 e. The van der Waals surface area contributed by atoms with Crippen molar-refractivity contribution in [3.63, 3.8) is 0 Å². The minimum atomic E-state index is 0.209. The van der Waals surface area contributed by atoms with Crippen molar-refractivity contribution >= 4 is 17.2 Å². The summed E-state index contributed by atoms with van der Waals surface area (Å²) in [6.45, 7) is 3.78. The molecule has 0 spiro atoms. The predicted octanol–water partition coefficient (Wildman–Crippen LogP) is 2.41. The molecule has 1 aromatic rings. The van der Waals surface area contributed by atoms with Crippen molar-refractivity contribution in [2.24, 2.45) is 0 Å². The Kier molecular flexibility index (Phi) is 3.25. The molecule has 0 saturated carbocycles. The van der Waals surface area contributed by atoms with E-state index in [0.29, 0.717) is 6.42 Å².